The van der Waals surface area contributed by atoms with Crippen LogP contribution >= 0.6 is 0 Å². The zero-order valence-electron chi connectivity index (χ0n) is 15.3. The molecule has 6 heteroatoms. The molecule has 1 aliphatic carbocycles. The molecule has 3 N–H and O–H groups in total. The average Bonchev–Trinajstić information content (AvgIpc) is 3.15. The summed E-state index contributed by atoms with van der Waals surface area (Å²) in [5.74, 6) is 0.966. The predicted molar refractivity (Wildman–Crippen MR) is 95.9 cm³/mol. The van der Waals surface area contributed by atoms with Crippen molar-refractivity contribution in [1.29, 1.82) is 0 Å². The van der Waals surface area contributed by atoms with Gasteiger partial charge in [0, 0.05) is 45.3 Å². The van der Waals surface area contributed by atoms with E-state index in [1.165, 1.54) is 25.7 Å². The fourth-order valence-electron chi connectivity index (χ4n) is 4.59. The van der Waals surface area contributed by atoms with Gasteiger partial charge in [-0.05, 0) is 44.4 Å². The highest BCUT2D eigenvalue weighted by Gasteiger charge is 2.42. The third kappa shape index (κ3) is 4.53. The number of likely N-dealkylation sites (tertiary alicyclic amines) is 1. The number of nitrogens with zero attached hydrogens (tertiary/aromatic N) is 1. The Kier molecular flexibility index (Phi) is 6.34. The number of carbonyl (C=O) groups is 2. The van der Waals surface area contributed by atoms with Crippen LogP contribution in [0.3, 0.4) is 0 Å². The summed E-state index contributed by atoms with van der Waals surface area (Å²) in [7, 11) is 0. The van der Waals surface area contributed by atoms with Crippen molar-refractivity contribution < 1.29 is 14.3 Å². The number of hydrogen-bond acceptors (Lipinski definition) is 4. The number of amides is 2. The quantitative estimate of drug-likeness (QED) is 0.785. The Balaban J connectivity index is 1.44. The van der Waals surface area contributed by atoms with Crippen LogP contribution in [0.25, 0.3) is 0 Å². The standard InChI is InChI=1S/C19H33N3O3/c20-14-19(7-11-25-12-8-19)18(24)22-9-5-16(6-10-22)21-17(23)13-15-3-1-2-4-15/h15-16H,1-14,20H2,(H,21,23). The molecule has 0 bridgehead atoms. The molecule has 0 atom stereocenters. The molecule has 3 fully saturated rings. The molecule has 0 spiro atoms. The first-order valence-electron chi connectivity index (χ1n) is 9.99. The SMILES string of the molecule is NCC1(C(=O)N2CCC(NC(=O)CC3CCCC3)CC2)CCOCC1. The minimum Gasteiger partial charge on any atom is -0.381 e. The molecule has 1 saturated carbocycles. The molecule has 0 aromatic rings. The first-order chi connectivity index (χ1) is 12.1. The molecule has 25 heavy (non-hydrogen) atoms. The van der Waals surface area contributed by atoms with Crippen molar-refractivity contribution in [2.24, 2.45) is 17.1 Å². The van der Waals surface area contributed by atoms with E-state index in [-0.39, 0.29) is 17.9 Å². The van der Waals surface area contributed by atoms with E-state index >= 15 is 0 Å². The molecule has 2 aliphatic heterocycles. The van der Waals surface area contributed by atoms with Crippen molar-refractivity contribution in [2.45, 2.75) is 63.8 Å². The molecule has 3 rings (SSSR count). The third-order valence-corrected chi connectivity index (χ3v) is 6.39. The second-order valence-corrected chi connectivity index (χ2v) is 8.09. The summed E-state index contributed by atoms with van der Waals surface area (Å²) < 4.78 is 5.41. The lowest BCUT2D eigenvalue weighted by atomic mass is 9.78. The Hall–Kier alpha value is -1.14. The molecule has 2 saturated heterocycles. The maximum atomic E-state index is 13.0. The molecule has 2 heterocycles. The minimum absolute atomic E-state index is 0.189. The highest BCUT2D eigenvalue weighted by molar-refractivity contribution is 5.83. The summed E-state index contributed by atoms with van der Waals surface area (Å²) in [6, 6.07) is 0.210. The van der Waals surface area contributed by atoms with Gasteiger partial charge in [-0.15, -0.1) is 0 Å². The maximum absolute atomic E-state index is 13.0. The third-order valence-electron chi connectivity index (χ3n) is 6.39. The van der Waals surface area contributed by atoms with Gasteiger partial charge in [-0.2, -0.15) is 0 Å². The van der Waals surface area contributed by atoms with Gasteiger partial charge in [0.1, 0.15) is 0 Å². The van der Waals surface area contributed by atoms with Crippen LogP contribution in [-0.4, -0.2) is 55.6 Å². The van der Waals surface area contributed by atoms with Crippen molar-refractivity contribution in [3.8, 4) is 0 Å². The fraction of sp³-hybridized carbons (Fsp3) is 0.895. The van der Waals surface area contributed by atoms with Gasteiger partial charge in [-0.1, -0.05) is 12.8 Å². The lowest BCUT2D eigenvalue weighted by Gasteiger charge is -2.41. The molecule has 0 aromatic heterocycles. The Morgan fingerprint density at radius 3 is 2.32 bits per heavy atom. The topological polar surface area (TPSA) is 84.7 Å². The number of rotatable bonds is 5. The van der Waals surface area contributed by atoms with E-state index in [9.17, 15) is 9.59 Å². The van der Waals surface area contributed by atoms with E-state index in [0.717, 1.165) is 38.8 Å². The monoisotopic (exact) mass is 351 g/mol. The van der Waals surface area contributed by atoms with Crippen molar-refractivity contribution in [3.05, 3.63) is 0 Å². The van der Waals surface area contributed by atoms with Crippen molar-refractivity contribution >= 4 is 11.8 Å². The van der Waals surface area contributed by atoms with Crippen LogP contribution in [0.15, 0.2) is 0 Å². The van der Waals surface area contributed by atoms with Crippen LogP contribution in [0.4, 0.5) is 0 Å². The van der Waals surface area contributed by atoms with Crippen LogP contribution in [0.2, 0.25) is 0 Å². The molecule has 3 aliphatic rings. The molecule has 2 amide bonds. The van der Waals surface area contributed by atoms with Gasteiger partial charge >= 0.3 is 0 Å². The van der Waals surface area contributed by atoms with Gasteiger partial charge in [0.05, 0.1) is 5.41 Å². The van der Waals surface area contributed by atoms with E-state index in [0.29, 0.717) is 32.1 Å². The van der Waals surface area contributed by atoms with E-state index in [2.05, 4.69) is 5.32 Å². The van der Waals surface area contributed by atoms with Gasteiger partial charge in [0.25, 0.3) is 0 Å². The summed E-state index contributed by atoms with van der Waals surface area (Å²) in [6.45, 7) is 3.08. The minimum atomic E-state index is -0.434. The number of nitrogens with one attached hydrogen (secondary N) is 1. The maximum Gasteiger partial charge on any atom is 0.230 e. The Labute approximate surface area is 150 Å². The largest absolute Gasteiger partial charge is 0.381 e. The lowest BCUT2D eigenvalue weighted by molar-refractivity contribution is -0.148. The number of hydrogen-bond donors (Lipinski definition) is 2. The van der Waals surface area contributed by atoms with E-state index in [1.54, 1.807) is 0 Å². The van der Waals surface area contributed by atoms with Crippen LogP contribution in [-0.2, 0) is 14.3 Å². The molecule has 6 nitrogen and oxygen atoms in total. The summed E-state index contributed by atoms with van der Waals surface area (Å²) in [5, 5.41) is 3.19. The zero-order chi connectivity index (χ0) is 17.7. The van der Waals surface area contributed by atoms with E-state index < -0.39 is 5.41 Å². The summed E-state index contributed by atoms with van der Waals surface area (Å²) >= 11 is 0. The van der Waals surface area contributed by atoms with Gasteiger partial charge in [-0.25, -0.2) is 0 Å². The first kappa shape index (κ1) is 18.6. The fourth-order valence-corrected chi connectivity index (χ4v) is 4.59. The van der Waals surface area contributed by atoms with Crippen LogP contribution in [0.1, 0.15) is 57.8 Å². The van der Waals surface area contributed by atoms with Gasteiger partial charge < -0.3 is 20.7 Å². The summed E-state index contributed by atoms with van der Waals surface area (Å²) in [5.41, 5.74) is 5.52. The van der Waals surface area contributed by atoms with E-state index in [4.69, 9.17) is 10.5 Å². The number of ether oxygens (including phenoxy) is 1. The summed E-state index contributed by atoms with van der Waals surface area (Å²) in [4.78, 5) is 27.1. The first-order valence-corrected chi connectivity index (χ1v) is 9.99. The van der Waals surface area contributed by atoms with Crippen molar-refractivity contribution in [3.63, 3.8) is 0 Å². The average molecular weight is 351 g/mol. The summed E-state index contributed by atoms with van der Waals surface area (Å²) in [6.07, 6.45) is 8.75. The van der Waals surface area contributed by atoms with Crippen LogP contribution < -0.4 is 11.1 Å². The highest BCUT2D eigenvalue weighted by atomic mass is 16.5. The predicted octanol–water partition coefficient (Wildman–Crippen LogP) is 1.43. The second-order valence-electron chi connectivity index (χ2n) is 8.09. The number of carbonyl (C=O) groups excluding carboxylic acids is 2. The van der Waals surface area contributed by atoms with Gasteiger partial charge in [0.15, 0.2) is 0 Å². The Morgan fingerprint density at radius 1 is 1.08 bits per heavy atom. The Morgan fingerprint density at radius 2 is 1.72 bits per heavy atom. The smallest absolute Gasteiger partial charge is 0.230 e. The van der Waals surface area contributed by atoms with Gasteiger partial charge in [0.2, 0.25) is 11.8 Å². The van der Waals surface area contributed by atoms with Crippen LogP contribution in [0.5, 0.6) is 0 Å². The second kappa shape index (κ2) is 8.49. The molecule has 0 unspecified atom stereocenters. The molecule has 142 valence electrons. The normalized spacial score (nSPS) is 25.1. The van der Waals surface area contributed by atoms with Gasteiger partial charge in [-0.3, -0.25) is 9.59 Å². The molecular weight excluding hydrogens is 318 g/mol. The van der Waals surface area contributed by atoms with Crippen molar-refractivity contribution in [1.82, 2.24) is 10.2 Å². The molecular formula is C19H33N3O3. The molecule has 0 aromatic carbocycles. The van der Waals surface area contributed by atoms with Crippen LogP contribution in [0, 0.1) is 11.3 Å². The van der Waals surface area contributed by atoms with E-state index in [1.807, 2.05) is 4.90 Å². The van der Waals surface area contributed by atoms with Crippen molar-refractivity contribution in [2.75, 3.05) is 32.8 Å². The Bertz CT molecular complexity index is 463. The number of piperidine rings is 1. The highest BCUT2D eigenvalue weighted by Crippen LogP contribution is 2.33. The molecule has 0 radical (unpaired) electrons. The zero-order valence-corrected chi connectivity index (χ0v) is 15.3. The number of nitrogens with two attached hydrogens (primary N) is 1. The lowest BCUT2D eigenvalue weighted by Crippen LogP contribution is -2.54.